The van der Waals surface area contributed by atoms with Crippen molar-refractivity contribution in [3.8, 4) is 0 Å². The zero-order valence-corrected chi connectivity index (χ0v) is 10.5. The Morgan fingerprint density at radius 3 is 2.89 bits per heavy atom. The van der Waals surface area contributed by atoms with Gasteiger partial charge in [0, 0.05) is 12.1 Å². The minimum atomic E-state index is 0.128. The molecule has 1 atom stereocenters. The van der Waals surface area contributed by atoms with Crippen molar-refractivity contribution >= 4 is 5.78 Å². The van der Waals surface area contributed by atoms with E-state index < -0.39 is 0 Å². The number of aryl methyl sites for hydroxylation is 1. The molecule has 2 aromatic rings. The molecular formula is C15H16N2O. The first kappa shape index (κ1) is 11.2. The van der Waals surface area contributed by atoms with E-state index in [2.05, 4.69) is 29.4 Å². The van der Waals surface area contributed by atoms with Crippen LogP contribution in [0.1, 0.15) is 47.6 Å². The molecule has 0 aliphatic carbocycles. The van der Waals surface area contributed by atoms with E-state index in [9.17, 15) is 4.79 Å². The number of hydrogen-bond acceptors (Lipinski definition) is 2. The van der Waals surface area contributed by atoms with Crippen LogP contribution in [0.3, 0.4) is 0 Å². The van der Waals surface area contributed by atoms with Gasteiger partial charge in [0.25, 0.3) is 0 Å². The van der Waals surface area contributed by atoms with Gasteiger partial charge in [-0.25, -0.2) is 0 Å². The maximum Gasteiger partial charge on any atom is 0.182 e. The van der Waals surface area contributed by atoms with Crippen LogP contribution in [-0.2, 0) is 6.42 Å². The summed E-state index contributed by atoms with van der Waals surface area (Å²) in [5.74, 6) is 0.128. The van der Waals surface area contributed by atoms with Gasteiger partial charge in [-0.1, -0.05) is 37.3 Å². The molecule has 3 heteroatoms. The van der Waals surface area contributed by atoms with Crippen molar-refractivity contribution in [1.82, 2.24) is 9.78 Å². The van der Waals surface area contributed by atoms with E-state index in [0.717, 1.165) is 12.8 Å². The fraction of sp³-hybridized carbons (Fsp3) is 0.333. The second-order valence-corrected chi connectivity index (χ2v) is 4.71. The van der Waals surface area contributed by atoms with Crippen molar-refractivity contribution in [2.45, 2.75) is 32.2 Å². The van der Waals surface area contributed by atoms with Crippen molar-refractivity contribution in [1.29, 1.82) is 0 Å². The van der Waals surface area contributed by atoms with Gasteiger partial charge in [-0.05, 0) is 24.5 Å². The number of hydrogen-bond donors (Lipinski definition) is 0. The molecule has 0 radical (unpaired) electrons. The Morgan fingerprint density at radius 2 is 2.17 bits per heavy atom. The average Bonchev–Trinajstić information content (AvgIpc) is 2.98. The Hall–Kier alpha value is -1.90. The van der Waals surface area contributed by atoms with Crippen LogP contribution in [0.2, 0.25) is 0 Å². The highest BCUT2D eigenvalue weighted by atomic mass is 16.1. The molecule has 2 heterocycles. The zero-order valence-electron chi connectivity index (χ0n) is 10.5. The van der Waals surface area contributed by atoms with Crippen molar-refractivity contribution in [3.63, 3.8) is 0 Å². The molecule has 0 amide bonds. The van der Waals surface area contributed by atoms with Gasteiger partial charge in [0.05, 0.1) is 6.04 Å². The lowest BCUT2D eigenvalue weighted by Gasteiger charge is -2.12. The predicted molar refractivity (Wildman–Crippen MR) is 69.8 cm³/mol. The summed E-state index contributed by atoms with van der Waals surface area (Å²) in [6, 6.07) is 12.6. The summed E-state index contributed by atoms with van der Waals surface area (Å²) in [5, 5.41) is 4.49. The van der Waals surface area contributed by atoms with Crippen LogP contribution in [0, 0.1) is 0 Å². The fourth-order valence-electron chi connectivity index (χ4n) is 2.60. The molecule has 0 N–H and O–H groups in total. The highest BCUT2D eigenvalue weighted by molar-refractivity contribution is 5.94. The van der Waals surface area contributed by atoms with Gasteiger partial charge in [-0.3, -0.25) is 9.48 Å². The maximum absolute atomic E-state index is 11.7. The van der Waals surface area contributed by atoms with Crippen LogP contribution < -0.4 is 0 Å². The van der Waals surface area contributed by atoms with Crippen LogP contribution in [0.15, 0.2) is 36.4 Å². The first-order valence-corrected chi connectivity index (χ1v) is 6.46. The van der Waals surface area contributed by atoms with Crippen LogP contribution in [0.4, 0.5) is 0 Å². The molecule has 1 aliphatic heterocycles. The molecule has 1 unspecified atom stereocenters. The van der Waals surface area contributed by atoms with E-state index in [0.29, 0.717) is 18.2 Å². The van der Waals surface area contributed by atoms with Gasteiger partial charge in [0.1, 0.15) is 5.69 Å². The Balaban J connectivity index is 1.97. The molecule has 92 valence electrons. The van der Waals surface area contributed by atoms with E-state index in [4.69, 9.17) is 0 Å². The fourth-order valence-corrected chi connectivity index (χ4v) is 2.60. The topological polar surface area (TPSA) is 34.9 Å². The summed E-state index contributed by atoms with van der Waals surface area (Å²) in [7, 11) is 0. The molecule has 0 spiro atoms. The Morgan fingerprint density at radius 1 is 1.39 bits per heavy atom. The van der Waals surface area contributed by atoms with E-state index in [1.54, 1.807) is 0 Å². The molecular weight excluding hydrogens is 224 g/mol. The summed E-state index contributed by atoms with van der Waals surface area (Å²) in [4.78, 5) is 11.7. The van der Waals surface area contributed by atoms with Crippen molar-refractivity contribution in [2.75, 3.05) is 0 Å². The molecule has 1 aliphatic rings. The molecule has 1 aromatic carbocycles. The standard InChI is InChI=1S/C15H16N2O/c1-2-15(18)13-10-12-8-9-14(17(12)16-13)11-6-4-3-5-7-11/h3-7,10,14H,2,8-9H2,1H3. The number of carbonyl (C=O) groups excluding carboxylic acids is 1. The van der Waals surface area contributed by atoms with Crippen molar-refractivity contribution < 1.29 is 4.79 Å². The van der Waals surface area contributed by atoms with Gasteiger partial charge in [0.15, 0.2) is 5.78 Å². The number of aromatic nitrogens is 2. The molecule has 0 saturated carbocycles. The monoisotopic (exact) mass is 240 g/mol. The van der Waals surface area contributed by atoms with E-state index in [1.165, 1.54) is 11.3 Å². The largest absolute Gasteiger partial charge is 0.292 e. The lowest BCUT2D eigenvalue weighted by Crippen LogP contribution is -2.09. The first-order valence-electron chi connectivity index (χ1n) is 6.46. The Bertz CT molecular complexity index is 571. The number of fused-ring (bicyclic) bond motifs is 1. The molecule has 0 bridgehead atoms. The molecule has 0 saturated heterocycles. The lowest BCUT2D eigenvalue weighted by molar-refractivity contribution is 0.0982. The highest BCUT2D eigenvalue weighted by Crippen LogP contribution is 2.31. The third-order valence-corrected chi connectivity index (χ3v) is 3.57. The van der Waals surface area contributed by atoms with Gasteiger partial charge >= 0.3 is 0 Å². The smallest absolute Gasteiger partial charge is 0.182 e. The molecule has 18 heavy (non-hydrogen) atoms. The van der Waals surface area contributed by atoms with E-state index >= 15 is 0 Å². The number of nitrogens with zero attached hydrogens (tertiary/aromatic N) is 2. The van der Waals surface area contributed by atoms with Crippen LogP contribution in [-0.4, -0.2) is 15.6 Å². The number of ketones is 1. The highest BCUT2D eigenvalue weighted by Gasteiger charge is 2.26. The maximum atomic E-state index is 11.7. The number of carbonyl (C=O) groups is 1. The number of benzene rings is 1. The van der Waals surface area contributed by atoms with Crippen molar-refractivity contribution in [3.05, 3.63) is 53.3 Å². The molecule has 3 rings (SSSR count). The van der Waals surface area contributed by atoms with Crippen LogP contribution in [0.5, 0.6) is 0 Å². The summed E-state index contributed by atoms with van der Waals surface area (Å²) >= 11 is 0. The third-order valence-electron chi connectivity index (χ3n) is 3.57. The molecule has 0 fully saturated rings. The SMILES string of the molecule is CCC(=O)c1cc2n(n1)C(c1ccccc1)CC2. The minimum Gasteiger partial charge on any atom is -0.292 e. The van der Waals surface area contributed by atoms with Crippen molar-refractivity contribution in [2.24, 2.45) is 0 Å². The lowest BCUT2D eigenvalue weighted by atomic mass is 10.1. The summed E-state index contributed by atoms with van der Waals surface area (Å²) < 4.78 is 2.03. The summed E-state index contributed by atoms with van der Waals surface area (Å²) in [5.41, 5.74) is 3.07. The van der Waals surface area contributed by atoms with Gasteiger partial charge in [-0.15, -0.1) is 0 Å². The molecule has 3 nitrogen and oxygen atoms in total. The van der Waals surface area contributed by atoms with Gasteiger partial charge in [0.2, 0.25) is 0 Å². The predicted octanol–water partition coefficient (Wildman–Crippen LogP) is 3.01. The second kappa shape index (κ2) is 4.41. The quantitative estimate of drug-likeness (QED) is 0.773. The average molecular weight is 240 g/mol. The summed E-state index contributed by atoms with van der Waals surface area (Å²) in [6.45, 7) is 1.88. The van der Waals surface area contributed by atoms with E-state index in [-0.39, 0.29) is 5.78 Å². The minimum absolute atomic E-state index is 0.128. The zero-order chi connectivity index (χ0) is 12.5. The van der Waals surface area contributed by atoms with Gasteiger partial charge in [-0.2, -0.15) is 5.10 Å². The van der Waals surface area contributed by atoms with Crippen LogP contribution >= 0.6 is 0 Å². The first-order chi connectivity index (χ1) is 8.79. The third kappa shape index (κ3) is 1.76. The second-order valence-electron chi connectivity index (χ2n) is 4.71. The van der Waals surface area contributed by atoms with Gasteiger partial charge < -0.3 is 0 Å². The van der Waals surface area contributed by atoms with Crippen LogP contribution in [0.25, 0.3) is 0 Å². The molecule has 1 aromatic heterocycles. The normalized spacial score (nSPS) is 17.7. The Kier molecular flexibility index (Phi) is 2.74. The number of rotatable bonds is 3. The Labute approximate surface area is 106 Å². The van der Waals surface area contributed by atoms with E-state index in [1.807, 2.05) is 23.7 Å². The number of Topliss-reactive ketones (excluding diaryl/α,β-unsaturated/α-hetero) is 1. The summed E-state index contributed by atoms with van der Waals surface area (Å²) in [6.07, 6.45) is 2.60.